The summed E-state index contributed by atoms with van der Waals surface area (Å²) in [4.78, 5) is 176. The number of aliphatic imine (C=N–C) groups is 1. The van der Waals surface area contributed by atoms with Crippen molar-refractivity contribution >= 4 is 99.3 Å². The third-order valence-corrected chi connectivity index (χ3v) is 18.4. The van der Waals surface area contributed by atoms with Gasteiger partial charge in [0.2, 0.25) is 65.0 Å². The van der Waals surface area contributed by atoms with Gasteiger partial charge in [0.05, 0.1) is 19.8 Å². The molecule has 11 amide bonds. The summed E-state index contributed by atoms with van der Waals surface area (Å²) in [7, 11) is 0. The van der Waals surface area contributed by atoms with E-state index in [-0.39, 0.29) is 76.3 Å². The second-order valence-electron chi connectivity index (χ2n) is 27.0. The molecule has 2 aliphatic rings. The number of aliphatic hydroxyl groups is 1. The molecule has 31 heteroatoms. The predicted molar refractivity (Wildman–Crippen MR) is 395 cm³/mol. The normalized spacial score (nSPS) is 16.2. The van der Waals surface area contributed by atoms with Crippen molar-refractivity contribution in [3.63, 3.8) is 0 Å². The maximum absolute atomic E-state index is 15.0. The molecule has 2 saturated heterocycles. The summed E-state index contributed by atoms with van der Waals surface area (Å²) in [5.41, 5.74) is 19.8. The monoisotopic (exact) mass is 1480 g/mol. The van der Waals surface area contributed by atoms with Crippen LogP contribution < -0.4 is 65.1 Å². The lowest BCUT2D eigenvalue weighted by molar-refractivity contribution is -0.142. The van der Waals surface area contributed by atoms with Gasteiger partial charge in [0.1, 0.15) is 60.4 Å². The number of amides is 11. The molecule has 0 bridgehead atoms. The molecule has 0 radical (unpaired) electrons. The number of halogens is 1. The lowest BCUT2D eigenvalue weighted by Gasteiger charge is -2.31. The van der Waals surface area contributed by atoms with Crippen LogP contribution in [0.4, 0.5) is 0 Å². The molecule has 2 aliphatic heterocycles. The molecule has 0 saturated carbocycles. The van der Waals surface area contributed by atoms with Crippen LogP contribution in [0.5, 0.6) is 0 Å². The Morgan fingerprint density at radius 2 is 1.04 bits per heavy atom. The van der Waals surface area contributed by atoms with E-state index in [4.69, 9.17) is 33.5 Å². The van der Waals surface area contributed by atoms with Crippen LogP contribution in [0, 0.1) is 5.92 Å². The number of morpholine rings is 1. The highest BCUT2D eigenvalue weighted by atomic mass is 35.5. The van der Waals surface area contributed by atoms with E-state index >= 15 is 4.79 Å². The van der Waals surface area contributed by atoms with Gasteiger partial charge in [0.15, 0.2) is 5.96 Å². The van der Waals surface area contributed by atoms with Crippen molar-refractivity contribution < 1.29 is 72.5 Å². The Bertz CT molecular complexity index is 3890. The Morgan fingerprint density at radius 3 is 1.60 bits per heavy atom. The van der Waals surface area contributed by atoms with Gasteiger partial charge in [0, 0.05) is 76.8 Å². The molecular formula is C75H98ClN15O15. The Morgan fingerprint density at radius 1 is 0.547 bits per heavy atom. The zero-order chi connectivity index (χ0) is 77.0. The van der Waals surface area contributed by atoms with Gasteiger partial charge >= 0.3 is 5.97 Å². The molecule has 10 atom stereocenters. The van der Waals surface area contributed by atoms with E-state index in [2.05, 4.69) is 57.7 Å². The summed E-state index contributed by atoms with van der Waals surface area (Å²) in [6.45, 7) is 8.40. The summed E-state index contributed by atoms with van der Waals surface area (Å²) >= 11 is 6.24. The Balaban J connectivity index is 1.14. The van der Waals surface area contributed by atoms with Crippen molar-refractivity contribution in [1.29, 1.82) is 0 Å². The number of nitrogens with one attached hydrogen (secondary N) is 9. The summed E-state index contributed by atoms with van der Waals surface area (Å²) < 4.78 is 5.52. The van der Waals surface area contributed by atoms with E-state index in [1.165, 1.54) is 18.7 Å². The van der Waals surface area contributed by atoms with Crippen molar-refractivity contribution in [2.24, 2.45) is 28.1 Å². The van der Waals surface area contributed by atoms with E-state index in [1.807, 2.05) is 54.6 Å². The quantitative estimate of drug-likeness (QED) is 0.0144. The highest BCUT2D eigenvalue weighted by Crippen LogP contribution is 2.23. The summed E-state index contributed by atoms with van der Waals surface area (Å²) in [6.07, 6.45) is -1.12. The van der Waals surface area contributed by atoms with Crippen LogP contribution in [-0.2, 0) is 94.5 Å². The third-order valence-electron chi connectivity index (χ3n) is 18.1. The van der Waals surface area contributed by atoms with Crippen molar-refractivity contribution in [3.05, 3.63) is 154 Å². The van der Waals surface area contributed by atoms with Gasteiger partial charge in [0.25, 0.3) is 0 Å². The van der Waals surface area contributed by atoms with Crippen LogP contribution in [0.25, 0.3) is 10.8 Å². The molecular weight excluding hydrogens is 1390 g/mol. The number of rotatable bonds is 39. The number of primary amides is 1. The SMILES string of the molecule is CC(=O)N[C@H](Cc1cccc2ccccc12)C(=O)N[C@H](Cc1ccc(Cl)cc1)C(=O)N[C@H](Cc1ccccc1)C(=O)N[C@@H](CO)C(=O)N[C@@H](CCC(=O)O)C(=O)N[C@H](Cc1ccc(CN2CCOCC2)cc1)C(=O)N[C@@H](CC(C)C)C(=O)N[C@@H](CCCN=C(N)N)C(=O)N1CCC[C@H]1C(=O)N[C@H](C)C(N)=O. The van der Waals surface area contributed by atoms with E-state index in [0.29, 0.717) is 61.0 Å². The average Bonchev–Trinajstić information content (AvgIpc) is 1.67. The number of nitrogens with two attached hydrogens (primary N) is 3. The first-order chi connectivity index (χ1) is 50.6. The van der Waals surface area contributed by atoms with Gasteiger partial charge in [-0.1, -0.05) is 135 Å². The largest absolute Gasteiger partial charge is 0.481 e. The van der Waals surface area contributed by atoms with Crippen LogP contribution in [-0.4, -0.2) is 203 Å². The van der Waals surface area contributed by atoms with Gasteiger partial charge in [-0.25, -0.2) is 0 Å². The summed E-state index contributed by atoms with van der Waals surface area (Å²) in [5.74, 6) is -11.1. The van der Waals surface area contributed by atoms with Crippen LogP contribution >= 0.6 is 11.6 Å². The van der Waals surface area contributed by atoms with Crippen molar-refractivity contribution in [2.45, 2.75) is 165 Å². The Kier molecular flexibility index (Phi) is 32.2. The number of carboxylic acid groups (broad SMARTS) is 1. The zero-order valence-corrected chi connectivity index (χ0v) is 60.7. The minimum Gasteiger partial charge on any atom is -0.481 e. The number of nitrogens with zero attached hydrogens (tertiary/aromatic N) is 3. The number of guanidine groups is 1. The fourth-order valence-electron chi connectivity index (χ4n) is 12.5. The Hall–Kier alpha value is -10.6. The molecule has 0 aromatic heterocycles. The van der Waals surface area contributed by atoms with E-state index in [1.54, 1.807) is 80.6 Å². The number of likely N-dealkylation sites (tertiary alicyclic amines) is 1. The second-order valence-corrected chi connectivity index (χ2v) is 27.4. The van der Waals surface area contributed by atoms with Gasteiger partial charge < -0.3 is 84.9 Å². The molecule has 0 spiro atoms. The molecule has 0 aliphatic carbocycles. The van der Waals surface area contributed by atoms with Gasteiger partial charge in [-0.3, -0.25) is 67.4 Å². The number of carboxylic acids is 1. The van der Waals surface area contributed by atoms with Crippen molar-refractivity contribution in [1.82, 2.24) is 57.7 Å². The minimum absolute atomic E-state index is 0.0152. The van der Waals surface area contributed by atoms with Crippen LogP contribution in [0.1, 0.15) is 100 Å². The molecule has 30 nitrogen and oxygen atoms in total. The van der Waals surface area contributed by atoms with Crippen molar-refractivity contribution in [2.75, 3.05) is 46.0 Å². The Labute approximate surface area is 620 Å². The smallest absolute Gasteiger partial charge is 0.303 e. The standard InChI is InChI=1S/C75H98ClN15O15/c1-44(2)37-57(67(98)84-56(19-11-31-80-75(78)79)74(105)91-32-12-20-63(91)73(104)81-45(3)65(77)96)85-68(99)59(39-48-21-23-50(24-22-48)42-90-33-35-106-36-34-90)86-66(97)55(29-30-64(94)95)83-72(103)62(43-92)89-70(101)58(38-47-13-6-5-7-14-47)87-69(100)60(40-49-25-27-53(76)28-26-49)88-71(102)61(82-46(4)93)41-52-17-10-16-51-15-8-9-18-54(51)52/h5-10,13-18,21-28,44-45,55-63,92H,11-12,19-20,29-43H2,1-4H3,(H2,77,96)(H,81,104)(H,82,93)(H,83,103)(H,84,98)(H,85,99)(H,86,97)(H,87,100)(H,88,102)(H,89,101)(H,94,95)(H4,78,79,80)/t45-,55+,56+,57+,58-,59-,60-,61-,62+,63+/m1/s1. The molecule has 5 aromatic carbocycles. The second kappa shape index (κ2) is 41.2. The molecule has 5 aromatic rings. The highest BCUT2D eigenvalue weighted by Gasteiger charge is 2.40. The van der Waals surface area contributed by atoms with E-state index in [0.717, 1.165) is 21.9 Å². The van der Waals surface area contributed by atoms with Crippen molar-refractivity contribution in [3.8, 4) is 0 Å². The topological polar surface area (TPSA) is 460 Å². The number of carbonyl (C=O) groups excluding carboxylic acids is 11. The number of hydrogen-bond acceptors (Lipinski definition) is 16. The van der Waals surface area contributed by atoms with Crippen LogP contribution in [0.3, 0.4) is 0 Å². The van der Waals surface area contributed by atoms with E-state index in [9.17, 15) is 63.0 Å². The molecule has 2 heterocycles. The van der Waals surface area contributed by atoms with E-state index < -0.39 is 151 Å². The fourth-order valence-corrected chi connectivity index (χ4v) is 12.6. The highest BCUT2D eigenvalue weighted by molar-refractivity contribution is 6.30. The average molecular weight is 1490 g/mol. The number of ether oxygens (including phenoxy) is 1. The molecule has 570 valence electrons. The summed E-state index contributed by atoms with van der Waals surface area (Å²) in [5, 5.41) is 46.9. The maximum atomic E-state index is 15.0. The number of aliphatic carboxylic acids is 1. The maximum Gasteiger partial charge on any atom is 0.303 e. The first-order valence-corrected chi connectivity index (χ1v) is 35.8. The number of fused-ring (bicyclic) bond motifs is 1. The van der Waals surface area contributed by atoms with Crippen LogP contribution in [0.2, 0.25) is 5.02 Å². The van der Waals surface area contributed by atoms with Gasteiger partial charge in [-0.15, -0.1) is 0 Å². The molecule has 0 unspecified atom stereocenters. The minimum atomic E-state index is -1.88. The first kappa shape index (κ1) is 82.7. The fraction of sp³-hybridized carbons (Fsp3) is 0.453. The lowest BCUT2D eigenvalue weighted by Crippen LogP contribution is -2.61. The number of carbonyl (C=O) groups is 12. The molecule has 2 fully saturated rings. The number of benzene rings is 5. The number of hydrogen-bond donors (Lipinski definition) is 14. The lowest BCUT2D eigenvalue weighted by atomic mass is 9.97. The molecule has 106 heavy (non-hydrogen) atoms. The van der Waals surface area contributed by atoms with Crippen LogP contribution in [0.15, 0.2) is 126 Å². The number of aliphatic hydroxyl groups excluding tert-OH is 1. The summed E-state index contributed by atoms with van der Waals surface area (Å²) in [6, 6.07) is 21.0. The third kappa shape index (κ3) is 26.2. The van der Waals surface area contributed by atoms with Gasteiger partial charge in [-0.2, -0.15) is 0 Å². The molecule has 17 N–H and O–H groups in total. The predicted octanol–water partition coefficient (Wildman–Crippen LogP) is 0.432. The van der Waals surface area contributed by atoms with Gasteiger partial charge in [-0.05, 0) is 102 Å². The molecule has 7 rings (SSSR count). The zero-order valence-electron chi connectivity index (χ0n) is 60.0. The first-order valence-electron chi connectivity index (χ1n) is 35.5.